The summed E-state index contributed by atoms with van der Waals surface area (Å²) in [4.78, 5) is 35.6. The van der Waals surface area contributed by atoms with Gasteiger partial charge in [-0.3, -0.25) is 9.20 Å². The van der Waals surface area contributed by atoms with E-state index in [1.165, 1.54) is 31.0 Å². The summed E-state index contributed by atoms with van der Waals surface area (Å²) in [6, 6.07) is 4.79. The first kappa shape index (κ1) is 19.0. The summed E-state index contributed by atoms with van der Waals surface area (Å²) >= 11 is 0. The summed E-state index contributed by atoms with van der Waals surface area (Å²) in [5, 5.41) is 3.40. The highest BCUT2D eigenvalue weighted by molar-refractivity contribution is 5.93. The van der Waals surface area contributed by atoms with E-state index < -0.39 is 0 Å². The molecule has 1 aliphatic heterocycles. The third kappa shape index (κ3) is 3.91. The van der Waals surface area contributed by atoms with Crippen molar-refractivity contribution in [3.8, 4) is 11.5 Å². The molecule has 0 aromatic carbocycles. The summed E-state index contributed by atoms with van der Waals surface area (Å²) in [6.45, 7) is 1.24. The first-order chi connectivity index (χ1) is 15.2. The second-order valence-corrected chi connectivity index (χ2v) is 7.35. The molecule has 1 N–H and O–H groups in total. The van der Waals surface area contributed by atoms with E-state index in [1.807, 2.05) is 0 Å². The number of hydrogen-bond donors (Lipinski definition) is 1. The van der Waals surface area contributed by atoms with E-state index in [1.54, 1.807) is 33.8 Å². The third-order valence-corrected chi connectivity index (χ3v) is 5.22. The molecule has 0 saturated carbocycles. The van der Waals surface area contributed by atoms with E-state index in [0.717, 1.165) is 12.8 Å². The number of nitrogens with one attached hydrogen (secondary N) is 1. The van der Waals surface area contributed by atoms with Crippen LogP contribution in [0.2, 0.25) is 0 Å². The molecule has 0 aliphatic carbocycles. The van der Waals surface area contributed by atoms with Gasteiger partial charge in [-0.25, -0.2) is 29.3 Å². The molecule has 1 fully saturated rings. The monoisotopic (exact) mass is 418 g/mol. The van der Waals surface area contributed by atoms with E-state index >= 15 is 0 Å². The summed E-state index contributed by atoms with van der Waals surface area (Å²) in [6.07, 6.45) is 10.9. The van der Waals surface area contributed by atoms with Crippen molar-refractivity contribution >= 4 is 17.4 Å². The Balaban J connectivity index is 1.33. The predicted molar refractivity (Wildman–Crippen MR) is 111 cm³/mol. The van der Waals surface area contributed by atoms with E-state index in [4.69, 9.17) is 0 Å². The van der Waals surface area contributed by atoms with Gasteiger partial charge in [-0.05, 0) is 31.0 Å². The van der Waals surface area contributed by atoms with Crippen LogP contribution in [-0.4, -0.2) is 59.3 Å². The highest BCUT2D eigenvalue weighted by Crippen LogP contribution is 2.21. The Bertz CT molecular complexity index is 1230. The molecule has 4 aromatic rings. The molecule has 5 rings (SSSR count). The lowest BCUT2D eigenvalue weighted by atomic mass is 10.0. The number of likely N-dealkylation sites (tertiary alicyclic amines) is 1. The lowest BCUT2D eigenvalue weighted by Gasteiger charge is -2.33. The number of rotatable bonds is 4. The Morgan fingerprint density at radius 1 is 1.13 bits per heavy atom. The fraction of sp³-hybridized carbons (Fsp3) is 0.238. The van der Waals surface area contributed by atoms with Crippen LogP contribution in [0.15, 0.2) is 55.5 Å². The SMILES string of the molecule is O=C(c1cncnc1)N1CCCC(Nc2ccnc(-c3cnc4ccc(F)cn34)n2)C1. The molecular weight excluding hydrogens is 399 g/mol. The van der Waals surface area contributed by atoms with Gasteiger partial charge in [0.1, 0.15) is 29.3 Å². The molecule has 0 radical (unpaired) electrons. The highest BCUT2D eigenvalue weighted by Gasteiger charge is 2.25. The van der Waals surface area contributed by atoms with Crippen LogP contribution in [0.1, 0.15) is 23.2 Å². The summed E-state index contributed by atoms with van der Waals surface area (Å²) < 4.78 is 15.3. The van der Waals surface area contributed by atoms with Crippen molar-refractivity contribution < 1.29 is 9.18 Å². The number of hydrogen-bond acceptors (Lipinski definition) is 7. The van der Waals surface area contributed by atoms with Crippen LogP contribution in [0.5, 0.6) is 0 Å². The predicted octanol–water partition coefficient (Wildman–Crippen LogP) is 2.44. The number of halogens is 1. The van der Waals surface area contributed by atoms with Gasteiger partial charge in [-0.15, -0.1) is 0 Å². The van der Waals surface area contributed by atoms with Gasteiger partial charge >= 0.3 is 0 Å². The fourth-order valence-corrected chi connectivity index (χ4v) is 3.76. The Hall–Kier alpha value is -3.95. The molecule has 0 spiro atoms. The van der Waals surface area contributed by atoms with E-state index in [2.05, 4.69) is 30.2 Å². The largest absolute Gasteiger partial charge is 0.365 e. The minimum atomic E-state index is -0.364. The lowest BCUT2D eigenvalue weighted by Crippen LogP contribution is -2.45. The maximum Gasteiger partial charge on any atom is 0.257 e. The first-order valence-electron chi connectivity index (χ1n) is 9.94. The number of pyridine rings is 1. The average molecular weight is 418 g/mol. The van der Waals surface area contributed by atoms with Crippen molar-refractivity contribution in [1.29, 1.82) is 0 Å². The maximum atomic E-state index is 13.7. The van der Waals surface area contributed by atoms with E-state index in [0.29, 0.717) is 41.6 Å². The second kappa shape index (κ2) is 8.05. The van der Waals surface area contributed by atoms with Gasteiger partial charge in [-0.2, -0.15) is 0 Å². The molecule has 1 unspecified atom stereocenters. The molecule has 9 nitrogen and oxygen atoms in total. The molecule has 5 heterocycles. The van der Waals surface area contributed by atoms with Crippen LogP contribution >= 0.6 is 0 Å². The lowest BCUT2D eigenvalue weighted by molar-refractivity contribution is 0.0714. The number of amides is 1. The van der Waals surface area contributed by atoms with E-state index in [9.17, 15) is 9.18 Å². The summed E-state index contributed by atoms with van der Waals surface area (Å²) in [7, 11) is 0. The van der Waals surface area contributed by atoms with Gasteiger partial charge in [0.2, 0.25) is 0 Å². The molecular formula is C21H19FN8O. The number of carbonyl (C=O) groups is 1. The molecule has 1 atom stereocenters. The van der Waals surface area contributed by atoms with Crippen molar-refractivity contribution in [1.82, 2.24) is 34.2 Å². The van der Waals surface area contributed by atoms with Crippen LogP contribution in [0.3, 0.4) is 0 Å². The van der Waals surface area contributed by atoms with E-state index in [-0.39, 0.29) is 17.8 Å². The minimum Gasteiger partial charge on any atom is -0.365 e. The standard InChI is InChI=1S/C21H19FN8O/c22-15-3-4-19-26-10-17(30(19)11-15)20-25-6-5-18(28-20)27-16-2-1-7-29(12-16)21(31)14-8-23-13-24-9-14/h3-6,8-11,13,16H,1-2,7,12H2,(H,25,27,28). The molecule has 4 aromatic heterocycles. The Kier molecular flexibility index (Phi) is 4.95. The summed E-state index contributed by atoms with van der Waals surface area (Å²) in [5.41, 5.74) is 1.69. The Morgan fingerprint density at radius 3 is 2.87 bits per heavy atom. The zero-order valence-electron chi connectivity index (χ0n) is 16.5. The van der Waals surface area contributed by atoms with Crippen molar-refractivity contribution in [2.24, 2.45) is 0 Å². The van der Waals surface area contributed by atoms with Crippen LogP contribution in [0.4, 0.5) is 10.2 Å². The van der Waals surface area contributed by atoms with Crippen molar-refractivity contribution in [3.05, 3.63) is 66.9 Å². The number of anilines is 1. The van der Waals surface area contributed by atoms with Crippen molar-refractivity contribution in [2.75, 3.05) is 18.4 Å². The van der Waals surface area contributed by atoms with Crippen LogP contribution in [0.25, 0.3) is 17.2 Å². The highest BCUT2D eigenvalue weighted by atomic mass is 19.1. The Morgan fingerprint density at radius 2 is 2.00 bits per heavy atom. The zero-order valence-corrected chi connectivity index (χ0v) is 16.5. The number of carbonyl (C=O) groups excluding carboxylic acids is 1. The minimum absolute atomic E-state index is 0.0460. The summed E-state index contributed by atoms with van der Waals surface area (Å²) in [5.74, 6) is 0.631. The second-order valence-electron chi connectivity index (χ2n) is 7.35. The van der Waals surface area contributed by atoms with Gasteiger partial charge in [-0.1, -0.05) is 0 Å². The fourth-order valence-electron chi connectivity index (χ4n) is 3.76. The topological polar surface area (TPSA) is 101 Å². The molecule has 0 bridgehead atoms. The quantitative estimate of drug-likeness (QED) is 0.543. The zero-order chi connectivity index (χ0) is 21.2. The molecule has 1 aliphatic rings. The Labute approximate surface area is 177 Å². The van der Waals surface area contributed by atoms with Gasteiger partial charge < -0.3 is 10.2 Å². The van der Waals surface area contributed by atoms with Gasteiger partial charge in [0.25, 0.3) is 5.91 Å². The third-order valence-electron chi connectivity index (χ3n) is 5.22. The van der Waals surface area contributed by atoms with Crippen molar-refractivity contribution in [3.63, 3.8) is 0 Å². The number of piperidine rings is 1. The number of aromatic nitrogens is 6. The number of nitrogens with zero attached hydrogens (tertiary/aromatic N) is 7. The first-order valence-corrected chi connectivity index (χ1v) is 9.94. The van der Waals surface area contributed by atoms with Crippen molar-refractivity contribution in [2.45, 2.75) is 18.9 Å². The van der Waals surface area contributed by atoms with Crippen LogP contribution in [0, 0.1) is 5.82 Å². The van der Waals surface area contributed by atoms with Crippen LogP contribution < -0.4 is 5.32 Å². The number of fused-ring (bicyclic) bond motifs is 1. The average Bonchev–Trinajstić information content (AvgIpc) is 3.22. The normalized spacial score (nSPS) is 16.4. The molecule has 1 amide bonds. The number of imidazole rings is 1. The van der Waals surface area contributed by atoms with Gasteiger partial charge in [0.05, 0.1) is 11.8 Å². The van der Waals surface area contributed by atoms with Crippen LogP contribution in [-0.2, 0) is 0 Å². The van der Waals surface area contributed by atoms with Gasteiger partial charge in [0, 0.05) is 43.9 Å². The molecule has 10 heteroatoms. The molecule has 1 saturated heterocycles. The maximum absolute atomic E-state index is 13.7. The molecule has 156 valence electrons. The van der Waals surface area contributed by atoms with Gasteiger partial charge in [0.15, 0.2) is 5.82 Å². The smallest absolute Gasteiger partial charge is 0.257 e. The molecule has 31 heavy (non-hydrogen) atoms.